The predicted molar refractivity (Wildman–Crippen MR) is 75.0 cm³/mol. The average Bonchev–Trinajstić information content (AvgIpc) is 2.87. The lowest BCUT2D eigenvalue weighted by atomic mass is 10.2. The van der Waals surface area contributed by atoms with E-state index in [1.165, 1.54) is 21.8 Å². The number of halogens is 1. The molecule has 1 amide bonds. The Balaban J connectivity index is 2.32. The number of benzene rings is 1. The second kappa shape index (κ2) is 6.29. The zero-order valence-electron chi connectivity index (χ0n) is 11.3. The fourth-order valence-electron chi connectivity index (χ4n) is 1.94. The molecule has 2 aromatic rings. The number of carbonyl (C=O) groups is 1. The Hall–Kier alpha value is -2.21. The molecule has 0 spiro atoms. The Morgan fingerprint density at radius 1 is 1.45 bits per heavy atom. The van der Waals surface area contributed by atoms with Gasteiger partial charge in [-0.1, -0.05) is 12.1 Å². The van der Waals surface area contributed by atoms with Crippen molar-refractivity contribution in [1.82, 2.24) is 9.78 Å². The van der Waals surface area contributed by atoms with E-state index in [1.54, 1.807) is 31.4 Å². The van der Waals surface area contributed by atoms with Crippen molar-refractivity contribution in [3.63, 3.8) is 0 Å². The van der Waals surface area contributed by atoms with Crippen LogP contribution in [-0.4, -0.2) is 28.8 Å². The summed E-state index contributed by atoms with van der Waals surface area (Å²) in [6.07, 6.45) is 3.68. The number of anilines is 1. The molecular weight excluding hydrogens is 259 g/mol. The molecule has 0 aliphatic rings. The molecule has 0 radical (unpaired) electrons. The van der Waals surface area contributed by atoms with Gasteiger partial charge in [0.15, 0.2) is 0 Å². The number of para-hydroxylation sites is 1. The molecule has 1 aromatic heterocycles. The fraction of sp³-hybridized carbons (Fsp3) is 0.286. The molecule has 0 aliphatic carbocycles. The van der Waals surface area contributed by atoms with Crippen LogP contribution in [0.5, 0.6) is 0 Å². The van der Waals surface area contributed by atoms with E-state index in [1.807, 2.05) is 0 Å². The highest BCUT2D eigenvalue weighted by Crippen LogP contribution is 2.21. The van der Waals surface area contributed by atoms with Crippen molar-refractivity contribution in [2.45, 2.75) is 6.42 Å². The molecule has 1 aromatic carbocycles. The van der Waals surface area contributed by atoms with E-state index in [4.69, 9.17) is 5.73 Å². The van der Waals surface area contributed by atoms with E-state index in [9.17, 15) is 9.18 Å². The molecule has 0 atom stereocenters. The van der Waals surface area contributed by atoms with Crippen LogP contribution in [0.4, 0.5) is 10.1 Å². The minimum atomic E-state index is -0.429. The number of nitrogens with zero attached hydrogens (tertiary/aromatic N) is 3. The first-order valence-corrected chi connectivity index (χ1v) is 6.38. The highest BCUT2D eigenvalue weighted by Gasteiger charge is 2.21. The van der Waals surface area contributed by atoms with E-state index >= 15 is 0 Å². The molecule has 0 unspecified atom stereocenters. The molecule has 5 nitrogen and oxygen atoms in total. The van der Waals surface area contributed by atoms with Gasteiger partial charge in [-0.3, -0.25) is 9.48 Å². The van der Waals surface area contributed by atoms with Crippen LogP contribution in [0.15, 0.2) is 36.7 Å². The van der Waals surface area contributed by atoms with Gasteiger partial charge in [0, 0.05) is 19.8 Å². The van der Waals surface area contributed by atoms with Gasteiger partial charge >= 0.3 is 0 Å². The van der Waals surface area contributed by atoms with Crippen LogP contribution in [0.25, 0.3) is 0 Å². The summed E-state index contributed by atoms with van der Waals surface area (Å²) in [5, 5.41) is 3.97. The molecule has 0 fully saturated rings. The van der Waals surface area contributed by atoms with Crippen LogP contribution in [0.2, 0.25) is 0 Å². The van der Waals surface area contributed by atoms with Gasteiger partial charge in [-0.05, 0) is 25.1 Å². The number of aryl methyl sites for hydroxylation is 1. The van der Waals surface area contributed by atoms with Crippen LogP contribution in [0, 0.1) is 5.82 Å². The van der Waals surface area contributed by atoms with E-state index in [0.717, 1.165) is 0 Å². The standard InChI is InChI=1S/C14H17FN4O/c1-18-10-11(9-17-18)14(20)19(8-4-7-16)13-6-3-2-5-12(13)15/h2-3,5-6,9-10H,4,7-8,16H2,1H3. The monoisotopic (exact) mass is 276 g/mol. The third-order valence-electron chi connectivity index (χ3n) is 2.93. The van der Waals surface area contributed by atoms with E-state index in [0.29, 0.717) is 25.1 Å². The lowest BCUT2D eigenvalue weighted by Gasteiger charge is -2.22. The number of aromatic nitrogens is 2. The Kier molecular flexibility index (Phi) is 4.47. The van der Waals surface area contributed by atoms with E-state index in [2.05, 4.69) is 5.10 Å². The molecule has 6 heteroatoms. The van der Waals surface area contributed by atoms with Gasteiger partial charge in [0.2, 0.25) is 0 Å². The van der Waals surface area contributed by atoms with Crippen molar-refractivity contribution in [2.24, 2.45) is 12.8 Å². The summed E-state index contributed by atoms with van der Waals surface area (Å²) in [5.74, 6) is -0.710. The van der Waals surface area contributed by atoms with Crippen LogP contribution in [0.3, 0.4) is 0 Å². The topological polar surface area (TPSA) is 64.2 Å². The summed E-state index contributed by atoms with van der Waals surface area (Å²) in [4.78, 5) is 13.9. The largest absolute Gasteiger partial charge is 0.330 e. The zero-order chi connectivity index (χ0) is 14.5. The summed E-state index contributed by atoms with van der Waals surface area (Å²) in [6.45, 7) is 0.802. The van der Waals surface area contributed by atoms with Crippen molar-refractivity contribution in [2.75, 3.05) is 18.0 Å². The van der Waals surface area contributed by atoms with Crippen molar-refractivity contribution in [3.8, 4) is 0 Å². The summed E-state index contributed by atoms with van der Waals surface area (Å²) >= 11 is 0. The first kappa shape index (κ1) is 14.2. The van der Waals surface area contributed by atoms with Crippen LogP contribution in [0.1, 0.15) is 16.8 Å². The van der Waals surface area contributed by atoms with Gasteiger partial charge in [0.25, 0.3) is 5.91 Å². The SMILES string of the molecule is Cn1cc(C(=O)N(CCCN)c2ccccc2F)cn1. The highest BCUT2D eigenvalue weighted by atomic mass is 19.1. The minimum absolute atomic E-state index is 0.259. The minimum Gasteiger partial charge on any atom is -0.330 e. The van der Waals surface area contributed by atoms with Gasteiger partial charge in [0.05, 0.1) is 17.4 Å². The van der Waals surface area contributed by atoms with Crippen LogP contribution < -0.4 is 10.6 Å². The van der Waals surface area contributed by atoms with Gasteiger partial charge < -0.3 is 10.6 Å². The molecule has 0 bridgehead atoms. The number of nitrogens with two attached hydrogens (primary N) is 1. The molecule has 106 valence electrons. The van der Waals surface area contributed by atoms with Crippen molar-refractivity contribution < 1.29 is 9.18 Å². The van der Waals surface area contributed by atoms with Gasteiger partial charge in [-0.15, -0.1) is 0 Å². The van der Waals surface area contributed by atoms with Crippen molar-refractivity contribution in [1.29, 1.82) is 0 Å². The van der Waals surface area contributed by atoms with Crippen molar-refractivity contribution in [3.05, 3.63) is 48.0 Å². The maximum Gasteiger partial charge on any atom is 0.261 e. The van der Waals surface area contributed by atoms with Crippen LogP contribution >= 0.6 is 0 Å². The Bertz CT molecular complexity index is 596. The lowest BCUT2D eigenvalue weighted by molar-refractivity contribution is 0.0986. The number of hydrogen-bond acceptors (Lipinski definition) is 3. The highest BCUT2D eigenvalue weighted by molar-refractivity contribution is 6.05. The molecule has 1 heterocycles. The molecule has 2 N–H and O–H groups in total. The second-order valence-electron chi connectivity index (χ2n) is 4.45. The van der Waals surface area contributed by atoms with E-state index in [-0.39, 0.29) is 11.6 Å². The first-order valence-electron chi connectivity index (χ1n) is 6.38. The predicted octanol–water partition coefficient (Wildman–Crippen LogP) is 1.55. The summed E-state index contributed by atoms with van der Waals surface area (Å²) < 4.78 is 15.4. The molecule has 2 rings (SSSR count). The third-order valence-corrected chi connectivity index (χ3v) is 2.93. The third kappa shape index (κ3) is 3.03. The van der Waals surface area contributed by atoms with E-state index < -0.39 is 5.82 Å². The van der Waals surface area contributed by atoms with Gasteiger partial charge in [-0.25, -0.2) is 4.39 Å². The number of amides is 1. The zero-order valence-corrected chi connectivity index (χ0v) is 11.3. The first-order chi connectivity index (χ1) is 9.63. The number of rotatable bonds is 5. The Morgan fingerprint density at radius 3 is 2.80 bits per heavy atom. The number of carbonyl (C=O) groups excluding carboxylic acids is 1. The lowest BCUT2D eigenvalue weighted by Crippen LogP contribution is -2.33. The summed E-state index contributed by atoms with van der Waals surface area (Å²) in [7, 11) is 1.73. The normalized spacial score (nSPS) is 10.6. The second-order valence-corrected chi connectivity index (χ2v) is 4.45. The van der Waals surface area contributed by atoms with Crippen LogP contribution in [-0.2, 0) is 7.05 Å². The smallest absolute Gasteiger partial charge is 0.261 e. The molecule has 0 saturated carbocycles. The summed E-state index contributed by atoms with van der Waals surface area (Å²) in [5.41, 5.74) is 6.17. The summed E-state index contributed by atoms with van der Waals surface area (Å²) in [6, 6.07) is 6.21. The maximum atomic E-state index is 13.9. The molecule has 0 saturated heterocycles. The number of hydrogen-bond donors (Lipinski definition) is 1. The molecular formula is C14H17FN4O. The fourth-order valence-corrected chi connectivity index (χ4v) is 1.94. The Morgan fingerprint density at radius 2 is 2.20 bits per heavy atom. The van der Waals surface area contributed by atoms with Gasteiger partial charge in [0.1, 0.15) is 5.82 Å². The molecule has 0 aliphatic heterocycles. The maximum absolute atomic E-state index is 13.9. The molecule has 20 heavy (non-hydrogen) atoms. The van der Waals surface area contributed by atoms with Gasteiger partial charge in [-0.2, -0.15) is 5.10 Å². The average molecular weight is 276 g/mol. The van der Waals surface area contributed by atoms with Crippen molar-refractivity contribution >= 4 is 11.6 Å². The quantitative estimate of drug-likeness (QED) is 0.901. The Labute approximate surface area is 116 Å².